The molecule has 0 spiro atoms. The number of H-pyrrole nitrogens is 1. The van der Waals surface area contributed by atoms with E-state index in [1.165, 1.54) is 5.56 Å². The molecule has 1 saturated heterocycles. The maximum Gasteiger partial charge on any atom is 0.274 e. The molecule has 0 bridgehead atoms. The van der Waals surface area contributed by atoms with Crippen molar-refractivity contribution in [1.29, 1.82) is 0 Å². The lowest BCUT2D eigenvalue weighted by Crippen LogP contribution is -2.40. The number of amides is 1. The van der Waals surface area contributed by atoms with Crippen LogP contribution in [0.4, 0.5) is 0 Å². The molecular weight excluding hydrogens is 328 g/mol. The highest BCUT2D eigenvalue weighted by Gasteiger charge is 2.30. The molecule has 0 aliphatic carbocycles. The summed E-state index contributed by atoms with van der Waals surface area (Å²) in [4.78, 5) is 24.3. The van der Waals surface area contributed by atoms with E-state index in [1.54, 1.807) is 0 Å². The van der Waals surface area contributed by atoms with Crippen LogP contribution < -0.4 is 5.32 Å². The first-order chi connectivity index (χ1) is 12.7. The summed E-state index contributed by atoms with van der Waals surface area (Å²) in [6, 6.07) is 0. The fraction of sp³-hybridized carbons (Fsp3) is 0.579. The zero-order valence-electron chi connectivity index (χ0n) is 15.5. The van der Waals surface area contributed by atoms with E-state index < -0.39 is 0 Å². The monoisotopic (exact) mass is 354 g/mol. The lowest BCUT2D eigenvalue weighted by atomic mass is 9.96. The van der Waals surface area contributed by atoms with Crippen molar-refractivity contribution in [1.82, 2.24) is 30.4 Å². The molecule has 7 heteroatoms. The van der Waals surface area contributed by atoms with Crippen LogP contribution in [-0.4, -0.2) is 50.6 Å². The number of hydrogen-bond acceptors (Lipinski definition) is 5. The first-order valence-corrected chi connectivity index (χ1v) is 9.56. The summed E-state index contributed by atoms with van der Waals surface area (Å²) in [5.74, 6) is 1.11. The van der Waals surface area contributed by atoms with Crippen molar-refractivity contribution in [3.8, 4) is 0 Å². The normalized spacial score (nSPS) is 20.1. The Kier molecular flexibility index (Phi) is 4.72. The number of rotatable bonds is 3. The molecule has 26 heavy (non-hydrogen) atoms. The zero-order chi connectivity index (χ0) is 18.1. The Bertz CT molecular complexity index is 814. The van der Waals surface area contributed by atoms with Crippen molar-refractivity contribution in [2.45, 2.75) is 52.0 Å². The molecule has 0 unspecified atom stereocenters. The Morgan fingerprint density at radius 1 is 1.42 bits per heavy atom. The van der Waals surface area contributed by atoms with Gasteiger partial charge in [-0.1, -0.05) is 6.92 Å². The Morgan fingerprint density at radius 2 is 2.31 bits per heavy atom. The molecule has 7 nitrogen and oxygen atoms in total. The number of aromatic nitrogens is 4. The molecule has 0 radical (unpaired) electrons. The quantitative estimate of drug-likeness (QED) is 0.877. The van der Waals surface area contributed by atoms with Crippen molar-refractivity contribution < 1.29 is 4.79 Å². The smallest absolute Gasteiger partial charge is 0.274 e. The lowest BCUT2D eigenvalue weighted by molar-refractivity contribution is 0.0697. The fourth-order valence-electron chi connectivity index (χ4n) is 3.96. The van der Waals surface area contributed by atoms with Gasteiger partial charge >= 0.3 is 0 Å². The number of aryl methyl sites for hydroxylation is 1. The Labute approximate surface area is 153 Å². The van der Waals surface area contributed by atoms with E-state index in [0.29, 0.717) is 12.2 Å². The van der Waals surface area contributed by atoms with Gasteiger partial charge in [0, 0.05) is 67.2 Å². The van der Waals surface area contributed by atoms with Gasteiger partial charge in [0.2, 0.25) is 0 Å². The predicted octanol–water partition coefficient (Wildman–Crippen LogP) is 1.74. The standard InChI is InChI=1S/C19H26N6O/c1-3-15-12(2)17(24-23-15)19(26)25-8-4-5-13(11-25)18-21-10-14-9-20-7-6-16(14)22-18/h10,13,20H,3-9,11H2,1-2H3,(H,23,24)/t13-/m0/s1. The Hall–Kier alpha value is -2.28. The summed E-state index contributed by atoms with van der Waals surface area (Å²) in [5, 5.41) is 10.6. The minimum absolute atomic E-state index is 0.0188. The molecule has 1 amide bonds. The van der Waals surface area contributed by atoms with E-state index in [4.69, 9.17) is 4.98 Å². The largest absolute Gasteiger partial charge is 0.337 e. The Morgan fingerprint density at radius 3 is 3.12 bits per heavy atom. The molecule has 2 aliphatic rings. The van der Waals surface area contributed by atoms with Crippen molar-refractivity contribution in [3.63, 3.8) is 0 Å². The van der Waals surface area contributed by atoms with Crippen LogP contribution in [0, 0.1) is 6.92 Å². The van der Waals surface area contributed by atoms with Gasteiger partial charge in [0.25, 0.3) is 5.91 Å². The van der Waals surface area contributed by atoms with Gasteiger partial charge in [0.05, 0.1) is 0 Å². The van der Waals surface area contributed by atoms with Crippen LogP contribution in [0.2, 0.25) is 0 Å². The molecule has 0 aromatic carbocycles. The van der Waals surface area contributed by atoms with E-state index in [1.807, 2.05) is 18.0 Å². The lowest BCUT2D eigenvalue weighted by Gasteiger charge is -2.32. The van der Waals surface area contributed by atoms with Crippen LogP contribution in [0.5, 0.6) is 0 Å². The molecule has 2 aromatic rings. The van der Waals surface area contributed by atoms with Crippen molar-refractivity contribution >= 4 is 5.91 Å². The maximum atomic E-state index is 13.0. The van der Waals surface area contributed by atoms with Crippen LogP contribution >= 0.6 is 0 Å². The molecule has 4 rings (SSSR count). The zero-order valence-corrected chi connectivity index (χ0v) is 15.5. The second-order valence-corrected chi connectivity index (χ2v) is 7.25. The summed E-state index contributed by atoms with van der Waals surface area (Å²) < 4.78 is 0. The van der Waals surface area contributed by atoms with Crippen molar-refractivity contribution in [2.75, 3.05) is 19.6 Å². The molecule has 2 N–H and O–H groups in total. The average molecular weight is 354 g/mol. The molecule has 2 aromatic heterocycles. The third-order valence-corrected chi connectivity index (χ3v) is 5.57. The number of fused-ring (bicyclic) bond motifs is 1. The third kappa shape index (κ3) is 3.11. The van der Waals surface area contributed by atoms with Crippen LogP contribution in [0.15, 0.2) is 6.20 Å². The minimum Gasteiger partial charge on any atom is -0.337 e. The number of hydrogen-bond donors (Lipinski definition) is 2. The number of carbonyl (C=O) groups excluding carboxylic acids is 1. The highest BCUT2D eigenvalue weighted by Crippen LogP contribution is 2.27. The second kappa shape index (κ2) is 7.15. The molecule has 0 saturated carbocycles. The first kappa shape index (κ1) is 17.1. The number of nitrogens with zero attached hydrogens (tertiary/aromatic N) is 4. The summed E-state index contributed by atoms with van der Waals surface area (Å²) >= 11 is 0. The van der Waals surface area contributed by atoms with Gasteiger partial charge in [-0.25, -0.2) is 9.97 Å². The maximum absolute atomic E-state index is 13.0. The van der Waals surface area contributed by atoms with Gasteiger partial charge < -0.3 is 10.2 Å². The fourth-order valence-corrected chi connectivity index (χ4v) is 3.96. The predicted molar refractivity (Wildman–Crippen MR) is 98.0 cm³/mol. The minimum atomic E-state index is 0.0188. The van der Waals surface area contributed by atoms with Gasteiger partial charge in [-0.05, 0) is 26.2 Å². The highest BCUT2D eigenvalue weighted by atomic mass is 16.2. The highest BCUT2D eigenvalue weighted by molar-refractivity contribution is 5.94. The van der Waals surface area contributed by atoms with Crippen LogP contribution in [0.25, 0.3) is 0 Å². The molecular formula is C19H26N6O. The van der Waals surface area contributed by atoms with E-state index in [9.17, 15) is 4.79 Å². The average Bonchev–Trinajstić information content (AvgIpc) is 3.07. The van der Waals surface area contributed by atoms with Crippen molar-refractivity contribution in [3.05, 3.63) is 40.2 Å². The molecule has 1 atom stereocenters. The first-order valence-electron chi connectivity index (χ1n) is 9.56. The number of nitrogens with one attached hydrogen (secondary N) is 2. The van der Waals surface area contributed by atoms with Gasteiger partial charge in [-0.3, -0.25) is 9.89 Å². The van der Waals surface area contributed by atoms with Crippen LogP contribution in [0.1, 0.15) is 64.5 Å². The molecule has 1 fully saturated rings. The van der Waals surface area contributed by atoms with Gasteiger partial charge in [-0.2, -0.15) is 5.10 Å². The second-order valence-electron chi connectivity index (χ2n) is 7.25. The van der Waals surface area contributed by atoms with Gasteiger partial charge in [0.1, 0.15) is 5.82 Å². The van der Waals surface area contributed by atoms with Crippen molar-refractivity contribution in [2.24, 2.45) is 0 Å². The summed E-state index contributed by atoms with van der Waals surface area (Å²) in [6.07, 6.45) is 5.76. The summed E-state index contributed by atoms with van der Waals surface area (Å²) in [5.41, 5.74) is 4.92. The van der Waals surface area contributed by atoms with E-state index >= 15 is 0 Å². The van der Waals surface area contributed by atoms with Crippen LogP contribution in [-0.2, 0) is 19.4 Å². The van der Waals surface area contributed by atoms with Gasteiger partial charge in [0.15, 0.2) is 5.69 Å². The van der Waals surface area contributed by atoms with E-state index in [0.717, 1.165) is 68.1 Å². The summed E-state index contributed by atoms with van der Waals surface area (Å²) in [7, 11) is 0. The molecule has 2 aliphatic heterocycles. The number of aromatic amines is 1. The number of likely N-dealkylation sites (tertiary alicyclic amines) is 1. The SMILES string of the molecule is CCc1[nH]nc(C(=O)N2CCC[C@H](c3ncc4c(n3)CCNC4)C2)c1C. The third-order valence-electron chi connectivity index (χ3n) is 5.57. The molecule has 4 heterocycles. The summed E-state index contributed by atoms with van der Waals surface area (Å²) in [6.45, 7) is 7.30. The topological polar surface area (TPSA) is 86.8 Å². The van der Waals surface area contributed by atoms with Crippen LogP contribution in [0.3, 0.4) is 0 Å². The Balaban J connectivity index is 1.52. The van der Waals surface area contributed by atoms with Gasteiger partial charge in [-0.15, -0.1) is 0 Å². The van der Waals surface area contributed by atoms with E-state index in [2.05, 4.69) is 27.4 Å². The number of piperidine rings is 1. The van der Waals surface area contributed by atoms with E-state index in [-0.39, 0.29) is 11.8 Å². The molecule has 138 valence electrons. The number of carbonyl (C=O) groups is 1.